The zero-order chi connectivity index (χ0) is 14.8. The van der Waals surface area contributed by atoms with Gasteiger partial charge in [-0.15, -0.1) is 0 Å². The molecule has 0 unspecified atom stereocenters. The van der Waals surface area contributed by atoms with Crippen LogP contribution in [0.15, 0.2) is 60.7 Å². The van der Waals surface area contributed by atoms with Gasteiger partial charge in [-0.05, 0) is 24.3 Å². The maximum absolute atomic E-state index is 10.6. The Hall–Kier alpha value is 0.573. The first-order valence-electron chi connectivity index (χ1n) is 5.64. The Bertz CT molecular complexity index is 502. The van der Waals surface area contributed by atoms with E-state index >= 15 is 0 Å². The Labute approximate surface area is 213 Å². The van der Waals surface area contributed by atoms with Crippen LogP contribution in [0.3, 0.4) is 0 Å². The van der Waals surface area contributed by atoms with Crippen molar-refractivity contribution in [3.05, 3.63) is 82.2 Å². The van der Waals surface area contributed by atoms with E-state index in [9.17, 15) is 20.0 Å². The van der Waals surface area contributed by atoms with Gasteiger partial charge in [0, 0.05) is 11.1 Å². The molecule has 2 aromatic carbocycles. The smallest absolute Gasteiger partial charge is 0.759 e. The van der Waals surface area contributed by atoms with Crippen molar-refractivity contribution in [2.75, 3.05) is 0 Å². The molecule has 0 radical (unpaired) electrons. The van der Waals surface area contributed by atoms with Crippen LogP contribution in [0.4, 0.5) is 0 Å². The van der Waals surface area contributed by atoms with Crippen LogP contribution in [0.2, 0.25) is 0 Å². The van der Waals surface area contributed by atoms with Crippen molar-refractivity contribution in [3.63, 3.8) is 0 Å². The molecule has 2 aromatic rings. The van der Waals surface area contributed by atoms with Crippen molar-refractivity contribution >= 4 is 11.8 Å². The Morgan fingerprint density at radius 2 is 0.909 bits per heavy atom. The fourth-order valence-electron chi connectivity index (χ4n) is 1.30. The summed E-state index contributed by atoms with van der Waals surface area (Å²) in [5.74, 6) is -1.19. The van der Waals surface area contributed by atoms with Crippen LogP contribution in [0, 0.1) is 10.4 Å². The van der Waals surface area contributed by atoms with E-state index < -0.39 is 11.8 Å². The van der Waals surface area contributed by atoms with Gasteiger partial charge in [-0.25, -0.2) is 0 Å². The van der Waals surface area contributed by atoms with Crippen molar-refractivity contribution in [1.29, 1.82) is 0 Å². The number of hydrogen-bond donors (Lipinski definition) is 2. The number of carbonyl (C=O) groups is 2. The van der Waals surface area contributed by atoms with E-state index in [-0.39, 0.29) is 103 Å². The fraction of sp³-hybridized carbons (Fsp3) is 0. The number of benzene rings is 2. The third-order valence-corrected chi connectivity index (χ3v) is 2.26. The molecule has 0 heterocycles. The second kappa shape index (κ2) is 15.1. The third kappa shape index (κ3) is 9.65. The molecule has 0 saturated carbocycles. The van der Waals surface area contributed by atoms with Crippen molar-refractivity contribution in [2.24, 2.45) is 0 Å². The van der Waals surface area contributed by atoms with Gasteiger partial charge in [-0.3, -0.25) is 9.59 Å². The minimum Gasteiger partial charge on any atom is -0.759 e. The van der Waals surface area contributed by atoms with E-state index in [2.05, 4.69) is 0 Å². The molecule has 0 aliphatic heterocycles. The molecule has 0 bridgehead atoms. The first-order valence-corrected chi connectivity index (χ1v) is 5.64. The number of rotatable bonds is 2. The maximum atomic E-state index is 10.6. The Morgan fingerprint density at radius 3 is 1.14 bits per heavy atom. The molecule has 104 valence electrons. The summed E-state index contributed by atoms with van der Waals surface area (Å²) in [4.78, 5) is 21.2. The third-order valence-electron chi connectivity index (χ3n) is 2.26. The van der Waals surface area contributed by atoms with E-state index in [4.69, 9.17) is 0 Å². The normalized spacial score (nSPS) is 8.09. The molecule has 0 fully saturated rings. The summed E-state index contributed by atoms with van der Waals surface area (Å²) in [5.41, 5.74) is 3.36. The molecule has 0 aliphatic carbocycles. The first-order chi connectivity index (χ1) is 9.69. The molecule has 2 rings (SSSR count). The summed E-state index contributed by atoms with van der Waals surface area (Å²) in [5, 5.41) is 19.7. The monoisotopic (exact) mass is 350 g/mol. The average Bonchev–Trinajstić information content (AvgIpc) is 2.55. The average molecular weight is 350 g/mol. The van der Waals surface area contributed by atoms with E-state index in [1.165, 1.54) is 11.0 Å². The van der Waals surface area contributed by atoms with Crippen LogP contribution in [-0.2, 0) is 0 Å². The Balaban J connectivity index is 0. The number of hydrogen-bond acceptors (Lipinski definition) is 4. The second-order valence-corrected chi connectivity index (χ2v) is 3.59. The second-order valence-electron chi connectivity index (χ2n) is 3.59. The topological polar surface area (TPSA) is 104 Å². The molecular weight excluding hydrogens is 338 g/mol. The molecular formula is C14H12K2N2O4. The summed E-state index contributed by atoms with van der Waals surface area (Å²) in [7, 11) is 0. The number of carbonyl (C=O) groups excluding carboxylic acids is 2. The van der Waals surface area contributed by atoms with Crippen LogP contribution in [0.1, 0.15) is 20.7 Å². The van der Waals surface area contributed by atoms with Gasteiger partial charge in [-0.1, -0.05) is 36.4 Å². The van der Waals surface area contributed by atoms with Gasteiger partial charge in [0.15, 0.2) is 0 Å². The summed E-state index contributed by atoms with van der Waals surface area (Å²) in [6.07, 6.45) is 0. The van der Waals surface area contributed by atoms with Gasteiger partial charge in [0.1, 0.15) is 0 Å². The number of hydroxylamine groups is 2. The van der Waals surface area contributed by atoms with Crippen molar-refractivity contribution in [1.82, 2.24) is 11.0 Å². The van der Waals surface area contributed by atoms with Crippen LogP contribution in [0.5, 0.6) is 0 Å². The molecule has 0 spiro atoms. The standard InChI is InChI=1S/2C7H6NO2.2K/c2*9-7(8-10)6-4-2-1-3-5-6;;/h2*1-5H,(H-,8,9,10);;/q2*-1;2*+1. The summed E-state index contributed by atoms with van der Waals surface area (Å²) in [6, 6.07) is 16.7. The van der Waals surface area contributed by atoms with Crippen LogP contribution >= 0.6 is 0 Å². The quantitative estimate of drug-likeness (QED) is 0.424. The Kier molecular flexibility index (Phi) is 17.1. The van der Waals surface area contributed by atoms with Gasteiger partial charge in [0.2, 0.25) is 11.8 Å². The minimum atomic E-state index is -0.597. The van der Waals surface area contributed by atoms with Crippen molar-refractivity contribution < 1.29 is 112 Å². The van der Waals surface area contributed by atoms with Crippen molar-refractivity contribution in [3.8, 4) is 0 Å². The van der Waals surface area contributed by atoms with Gasteiger partial charge < -0.3 is 21.4 Å². The van der Waals surface area contributed by atoms with Crippen LogP contribution in [0.25, 0.3) is 0 Å². The predicted octanol–water partition coefficient (Wildman–Crippen LogP) is -4.16. The van der Waals surface area contributed by atoms with Gasteiger partial charge in [0.25, 0.3) is 0 Å². The molecule has 2 amide bonds. The zero-order valence-corrected chi connectivity index (χ0v) is 18.7. The predicted molar refractivity (Wildman–Crippen MR) is 74.6 cm³/mol. The minimum absolute atomic E-state index is 0. The van der Waals surface area contributed by atoms with Crippen molar-refractivity contribution in [2.45, 2.75) is 0 Å². The molecule has 0 saturated heterocycles. The summed E-state index contributed by atoms with van der Waals surface area (Å²) >= 11 is 0. The van der Waals surface area contributed by atoms with E-state index in [0.717, 1.165) is 0 Å². The fourth-order valence-corrected chi connectivity index (χ4v) is 1.30. The number of nitrogens with one attached hydrogen (secondary N) is 2. The van der Waals surface area contributed by atoms with E-state index in [0.29, 0.717) is 11.1 Å². The molecule has 8 heteroatoms. The SMILES string of the molecule is O=C(N[O-])c1ccccc1.O=C(N[O-])c1ccccc1.[K+].[K+]. The summed E-state index contributed by atoms with van der Waals surface area (Å²) in [6.45, 7) is 0. The molecule has 0 aromatic heterocycles. The number of amides is 2. The zero-order valence-electron chi connectivity index (χ0n) is 12.4. The molecule has 2 N–H and O–H groups in total. The molecule has 6 nitrogen and oxygen atoms in total. The van der Waals surface area contributed by atoms with E-state index in [1.807, 2.05) is 0 Å². The Morgan fingerprint density at radius 1 is 0.636 bits per heavy atom. The maximum Gasteiger partial charge on any atom is 1.00 e. The van der Waals surface area contributed by atoms with Gasteiger partial charge >= 0.3 is 103 Å². The van der Waals surface area contributed by atoms with Crippen LogP contribution < -0.4 is 114 Å². The first kappa shape index (κ1) is 24.8. The molecule has 0 aliphatic rings. The molecule has 22 heavy (non-hydrogen) atoms. The van der Waals surface area contributed by atoms with Gasteiger partial charge in [0.05, 0.1) is 0 Å². The summed E-state index contributed by atoms with van der Waals surface area (Å²) < 4.78 is 0. The van der Waals surface area contributed by atoms with Gasteiger partial charge in [-0.2, -0.15) is 0 Å². The largest absolute Gasteiger partial charge is 1.00 e. The van der Waals surface area contributed by atoms with E-state index in [1.54, 1.807) is 60.7 Å². The van der Waals surface area contributed by atoms with Crippen LogP contribution in [-0.4, -0.2) is 11.8 Å². The molecule has 0 atom stereocenters.